The van der Waals surface area contributed by atoms with Crippen LogP contribution in [0.3, 0.4) is 0 Å². The average molecular weight is 247 g/mol. The molecule has 0 aliphatic rings. The van der Waals surface area contributed by atoms with Crippen LogP contribution in [0.25, 0.3) is 0 Å². The summed E-state index contributed by atoms with van der Waals surface area (Å²) in [6.07, 6.45) is 1.21. The van der Waals surface area contributed by atoms with Gasteiger partial charge in [-0.05, 0) is 6.42 Å². The number of nitrogens with one attached hydrogen (secondary N) is 1. The van der Waals surface area contributed by atoms with Crippen LogP contribution in [0.15, 0.2) is 0 Å². The number of thioether (sulfide) groups is 1. The van der Waals surface area contributed by atoms with E-state index in [9.17, 15) is 9.59 Å². The summed E-state index contributed by atoms with van der Waals surface area (Å²) < 4.78 is 0.0147. The van der Waals surface area contributed by atoms with Gasteiger partial charge < -0.3 is 10.4 Å². The molecule has 0 spiro atoms. The smallest absolute Gasteiger partial charge is 0.326 e. The number of amides is 1. The summed E-state index contributed by atoms with van der Waals surface area (Å²) in [7, 11) is 0. The summed E-state index contributed by atoms with van der Waals surface area (Å²) in [5, 5.41) is 11.4. The molecule has 0 saturated heterocycles. The molecule has 2 N–H and O–H groups in total. The van der Waals surface area contributed by atoms with Crippen LogP contribution in [-0.2, 0) is 9.59 Å². The topological polar surface area (TPSA) is 66.4 Å². The van der Waals surface area contributed by atoms with E-state index in [-0.39, 0.29) is 10.7 Å². The first-order chi connectivity index (χ1) is 7.26. The van der Waals surface area contributed by atoms with Crippen molar-refractivity contribution in [2.75, 3.05) is 5.75 Å². The Balaban J connectivity index is 4.05. The van der Waals surface area contributed by atoms with Crippen LogP contribution in [-0.4, -0.2) is 33.5 Å². The average Bonchev–Trinajstić information content (AvgIpc) is 2.13. The Bertz CT molecular complexity index is 248. The zero-order valence-corrected chi connectivity index (χ0v) is 11.2. The lowest BCUT2D eigenvalue weighted by molar-refractivity contribution is -0.141. The monoisotopic (exact) mass is 247 g/mol. The van der Waals surface area contributed by atoms with Crippen molar-refractivity contribution in [2.45, 2.75) is 51.3 Å². The zero-order chi connectivity index (χ0) is 12.8. The maximum absolute atomic E-state index is 11.5. The van der Waals surface area contributed by atoms with E-state index in [0.29, 0.717) is 12.2 Å². The molecule has 0 rings (SSSR count). The fraction of sp³-hybridized carbons (Fsp3) is 0.818. The summed E-state index contributed by atoms with van der Waals surface area (Å²) in [6, 6.07) is -0.752. The van der Waals surface area contributed by atoms with Crippen molar-refractivity contribution in [3.8, 4) is 0 Å². The Morgan fingerprint density at radius 1 is 1.38 bits per heavy atom. The number of carbonyl (C=O) groups is 2. The molecule has 94 valence electrons. The van der Waals surface area contributed by atoms with Crippen molar-refractivity contribution in [3.05, 3.63) is 0 Å². The molecule has 1 amide bonds. The van der Waals surface area contributed by atoms with E-state index in [2.05, 4.69) is 5.32 Å². The molecule has 0 heterocycles. The van der Waals surface area contributed by atoms with Crippen LogP contribution in [0.2, 0.25) is 0 Å². The van der Waals surface area contributed by atoms with Gasteiger partial charge in [-0.3, -0.25) is 4.79 Å². The highest BCUT2D eigenvalue weighted by Crippen LogP contribution is 2.22. The lowest BCUT2D eigenvalue weighted by atomic mass is 10.2. The third-order valence-corrected chi connectivity index (χ3v) is 3.12. The first kappa shape index (κ1) is 15.3. The molecule has 0 aliphatic carbocycles. The first-order valence-corrected chi connectivity index (χ1v) is 6.41. The highest BCUT2D eigenvalue weighted by Gasteiger charge is 2.20. The Kier molecular flexibility index (Phi) is 6.48. The van der Waals surface area contributed by atoms with Gasteiger partial charge in [0.05, 0.1) is 5.75 Å². The summed E-state index contributed by atoms with van der Waals surface area (Å²) in [6.45, 7) is 7.95. The van der Waals surface area contributed by atoms with Gasteiger partial charge in [-0.25, -0.2) is 4.79 Å². The number of rotatable bonds is 6. The number of carboxylic acids is 1. The Hall–Kier alpha value is -0.710. The second kappa shape index (κ2) is 6.78. The molecular weight excluding hydrogens is 226 g/mol. The summed E-state index contributed by atoms with van der Waals surface area (Å²) in [5.74, 6) is -0.867. The Morgan fingerprint density at radius 3 is 2.31 bits per heavy atom. The first-order valence-electron chi connectivity index (χ1n) is 5.42. The standard InChI is InChI=1S/C11H21NO3S/c1-5-6-8(10(14)15)12-9(13)7-16-11(2,3)4/h8H,5-7H2,1-4H3,(H,12,13)(H,14,15)/t8-/m1/s1. The molecule has 0 aliphatic heterocycles. The predicted molar refractivity (Wildman–Crippen MR) is 66.7 cm³/mol. The van der Waals surface area contributed by atoms with Crippen molar-refractivity contribution >= 4 is 23.6 Å². The SMILES string of the molecule is CCC[C@@H](NC(=O)CSC(C)(C)C)C(=O)O. The fourth-order valence-corrected chi connectivity index (χ4v) is 1.71. The van der Waals surface area contributed by atoms with Gasteiger partial charge in [-0.1, -0.05) is 34.1 Å². The highest BCUT2D eigenvalue weighted by molar-refractivity contribution is 8.01. The fourth-order valence-electron chi connectivity index (χ4n) is 1.06. The summed E-state index contributed by atoms with van der Waals surface area (Å²) in [4.78, 5) is 22.3. The van der Waals surface area contributed by atoms with E-state index in [4.69, 9.17) is 5.11 Å². The number of aliphatic carboxylic acids is 1. The molecule has 16 heavy (non-hydrogen) atoms. The van der Waals surface area contributed by atoms with Crippen LogP contribution in [0, 0.1) is 0 Å². The van der Waals surface area contributed by atoms with Gasteiger partial charge >= 0.3 is 5.97 Å². The Morgan fingerprint density at radius 2 is 1.94 bits per heavy atom. The maximum Gasteiger partial charge on any atom is 0.326 e. The predicted octanol–water partition coefficient (Wildman–Crippen LogP) is 1.89. The normalized spacial score (nSPS) is 13.2. The molecule has 0 saturated carbocycles. The van der Waals surface area contributed by atoms with Crippen LogP contribution in [0.4, 0.5) is 0 Å². The van der Waals surface area contributed by atoms with Crippen molar-refractivity contribution < 1.29 is 14.7 Å². The second-order valence-electron chi connectivity index (χ2n) is 4.65. The van der Waals surface area contributed by atoms with Gasteiger partial charge in [0.25, 0.3) is 0 Å². The summed E-state index contributed by atoms with van der Waals surface area (Å²) >= 11 is 1.51. The molecule has 0 unspecified atom stereocenters. The minimum Gasteiger partial charge on any atom is -0.480 e. The van der Waals surface area contributed by atoms with Crippen LogP contribution in [0.5, 0.6) is 0 Å². The van der Waals surface area contributed by atoms with Crippen LogP contribution >= 0.6 is 11.8 Å². The quantitative estimate of drug-likeness (QED) is 0.752. The minimum atomic E-state index is -0.962. The van der Waals surface area contributed by atoms with Gasteiger partial charge in [0, 0.05) is 4.75 Å². The van der Waals surface area contributed by atoms with E-state index in [1.165, 1.54) is 11.8 Å². The van der Waals surface area contributed by atoms with E-state index >= 15 is 0 Å². The molecule has 0 aromatic carbocycles. The number of carboxylic acid groups (broad SMARTS) is 1. The van der Waals surface area contributed by atoms with E-state index in [1.807, 2.05) is 27.7 Å². The number of hydrogen-bond acceptors (Lipinski definition) is 3. The zero-order valence-electron chi connectivity index (χ0n) is 10.4. The molecule has 4 nitrogen and oxygen atoms in total. The summed E-state index contributed by atoms with van der Waals surface area (Å²) in [5.41, 5.74) is 0. The van der Waals surface area contributed by atoms with Gasteiger partial charge in [0.15, 0.2) is 0 Å². The minimum absolute atomic E-state index is 0.0147. The third kappa shape index (κ3) is 7.56. The van der Waals surface area contributed by atoms with Crippen molar-refractivity contribution in [1.29, 1.82) is 0 Å². The molecule has 0 radical (unpaired) electrons. The molecule has 5 heteroatoms. The number of hydrogen-bond donors (Lipinski definition) is 2. The highest BCUT2D eigenvalue weighted by atomic mass is 32.2. The van der Waals surface area contributed by atoms with Crippen LogP contribution < -0.4 is 5.32 Å². The molecule has 0 bridgehead atoms. The van der Waals surface area contributed by atoms with Crippen molar-refractivity contribution in [2.24, 2.45) is 0 Å². The molecule has 1 atom stereocenters. The lowest BCUT2D eigenvalue weighted by Crippen LogP contribution is -2.41. The van der Waals surface area contributed by atoms with E-state index in [0.717, 1.165) is 6.42 Å². The lowest BCUT2D eigenvalue weighted by Gasteiger charge is -2.18. The van der Waals surface area contributed by atoms with Crippen molar-refractivity contribution in [3.63, 3.8) is 0 Å². The van der Waals surface area contributed by atoms with E-state index < -0.39 is 12.0 Å². The second-order valence-corrected chi connectivity index (χ2v) is 6.45. The van der Waals surface area contributed by atoms with Gasteiger partial charge in [0.2, 0.25) is 5.91 Å². The van der Waals surface area contributed by atoms with Gasteiger partial charge in [-0.15, -0.1) is 11.8 Å². The molecule has 0 aromatic heterocycles. The van der Waals surface area contributed by atoms with Gasteiger partial charge in [-0.2, -0.15) is 0 Å². The molecular formula is C11H21NO3S. The molecule has 0 aromatic rings. The van der Waals surface area contributed by atoms with E-state index in [1.54, 1.807) is 0 Å². The third-order valence-electron chi connectivity index (χ3n) is 1.85. The number of carbonyl (C=O) groups excluding carboxylic acids is 1. The maximum atomic E-state index is 11.5. The molecule has 0 fully saturated rings. The van der Waals surface area contributed by atoms with Crippen LogP contribution in [0.1, 0.15) is 40.5 Å². The Labute approximate surface area is 101 Å². The van der Waals surface area contributed by atoms with Gasteiger partial charge in [0.1, 0.15) is 6.04 Å². The van der Waals surface area contributed by atoms with Crippen molar-refractivity contribution in [1.82, 2.24) is 5.32 Å². The largest absolute Gasteiger partial charge is 0.480 e.